The summed E-state index contributed by atoms with van der Waals surface area (Å²) in [7, 11) is -0.643. The molecule has 30 heavy (non-hydrogen) atoms. The maximum atomic E-state index is 12.8. The monoisotopic (exact) mass is 405 g/mol. The molecule has 0 unspecified atom stereocenters. The van der Waals surface area contributed by atoms with E-state index in [9.17, 15) is 10.1 Å². The summed E-state index contributed by atoms with van der Waals surface area (Å²) >= 11 is 0. The fourth-order valence-corrected chi connectivity index (χ4v) is 3.52. The van der Waals surface area contributed by atoms with Crippen molar-refractivity contribution in [3.63, 3.8) is 0 Å². The molecule has 6 nitrogen and oxygen atoms in total. The smallest absolute Gasteiger partial charge is 0.399 e. The highest BCUT2D eigenvalue weighted by molar-refractivity contribution is 6.63. The van der Waals surface area contributed by atoms with Crippen LogP contribution in [0.15, 0.2) is 36.7 Å². The van der Waals surface area contributed by atoms with E-state index in [0.29, 0.717) is 16.8 Å². The quantitative estimate of drug-likeness (QED) is 0.784. The number of anilines is 1. The average molecular weight is 405 g/mol. The van der Waals surface area contributed by atoms with Crippen molar-refractivity contribution in [2.75, 3.05) is 5.32 Å². The lowest BCUT2D eigenvalue weighted by Crippen LogP contribution is -2.42. The Morgan fingerprint density at radius 2 is 1.67 bits per heavy atom. The second-order valence-corrected chi connectivity index (χ2v) is 9.23. The van der Waals surface area contributed by atoms with Crippen LogP contribution >= 0.6 is 0 Å². The Labute approximate surface area is 178 Å². The Morgan fingerprint density at radius 3 is 2.20 bits per heavy atom. The summed E-state index contributed by atoms with van der Waals surface area (Å²) in [5.41, 5.74) is 1.56. The minimum absolute atomic E-state index is 0.267. The van der Waals surface area contributed by atoms with Crippen molar-refractivity contribution < 1.29 is 14.1 Å². The molecule has 1 aromatic carbocycles. The van der Waals surface area contributed by atoms with Crippen molar-refractivity contribution in [1.82, 2.24) is 4.98 Å². The number of aromatic nitrogens is 1. The number of carbonyl (C=O) groups excluding carboxylic acids is 1. The SMILES string of the molecule is Cc1ccc(NC(=O)c2ccncc2)c(C(C)(C)C#N)c1B1OC(C)(C)C(C)(C)O1. The molecule has 0 aliphatic carbocycles. The number of rotatable bonds is 4. The molecule has 1 fully saturated rings. The van der Waals surface area contributed by atoms with Gasteiger partial charge in [-0.15, -0.1) is 0 Å². The van der Waals surface area contributed by atoms with E-state index < -0.39 is 23.7 Å². The van der Waals surface area contributed by atoms with Gasteiger partial charge in [0.2, 0.25) is 0 Å². The predicted octanol–water partition coefficient (Wildman–Crippen LogP) is 3.74. The minimum atomic E-state index is -0.883. The largest absolute Gasteiger partial charge is 0.495 e. The lowest BCUT2D eigenvalue weighted by atomic mass is 9.66. The molecule has 3 rings (SSSR count). The van der Waals surface area contributed by atoms with Crippen molar-refractivity contribution >= 4 is 24.2 Å². The molecule has 0 radical (unpaired) electrons. The molecule has 2 aromatic rings. The summed E-state index contributed by atoms with van der Waals surface area (Å²) in [4.78, 5) is 16.8. The first-order valence-corrected chi connectivity index (χ1v) is 10.0. The fourth-order valence-electron chi connectivity index (χ4n) is 3.52. The Hall–Kier alpha value is -2.69. The fraction of sp³-hybridized carbons (Fsp3) is 0.435. The van der Waals surface area contributed by atoms with Gasteiger partial charge in [0, 0.05) is 23.6 Å². The molecule has 2 heterocycles. The summed E-state index contributed by atoms with van der Waals surface area (Å²) in [6.07, 6.45) is 3.14. The van der Waals surface area contributed by atoms with Gasteiger partial charge in [-0.25, -0.2) is 0 Å². The Morgan fingerprint density at radius 1 is 1.10 bits per heavy atom. The number of hydrogen-bond donors (Lipinski definition) is 1. The maximum absolute atomic E-state index is 12.8. The van der Waals surface area contributed by atoms with Gasteiger partial charge in [-0.2, -0.15) is 5.26 Å². The Balaban J connectivity index is 2.13. The molecule has 1 N–H and O–H groups in total. The third-order valence-corrected chi connectivity index (χ3v) is 6.05. The molecule has 1 amide bonds. The lowest BCUT2D eigenvalue weighted by molar-refractivity contribution is 0.00578. The number of nitriles is 1. The molecule has 0 saturated carbocycles. The molecule has 1 aliphatic rings. The van der Waals surface area contributed by atoms with Gasteiger partial charge in [0.15, 0.2) is 0 Å². The normalized spacial score (nSPS) is 17.5. The summed E-state index contributed by atoms with van der Waals surface area (Å²) in [6, 6.07) is 9.41. The zero-order valence-corrected chi connectivity index (χ0v) is 18.7. The first-order valence-electron chi connectivity index (χ1n) is 10.0. The Kier molecular flexibility index (Phi) is 5.53. The number of nitrogens with zero attached hydrogens (tertiary/aromatic N) is 2. The van der Waals surface area contributed by atoms with E-state index in [1.165, 1.54) is 0 Å². The van der Waals surface area contributed by atoms with E-state index in [0.717, 1.165) is 11.0 Å². The van der Waals surface area contributed by atoms with Gasteiger partial charge in [-0.3, -0.25) is 9.78 Å². The summed E-state index contributed by atoms with van der Waals surface area (Å²) in [5.74, 6) is -0.267. The summed E-state index contributed by atoms with van der Waals surface area (Å²) in [5, 5.41) is 12.9. The van der Waals surface area contributed by atoms with Gasteiger partial charge in [-0.1, -0.05) is 11.6 Å². The number of benzene rings is 1. The molecule has 1 aliphatic heterocycles. The van der Waals surface area contributed by atoms with E-state index >= 15 is 0 Å². The van der Waals surface area contributed by atoms with Gasteiger partial charge >= 0.3 is 7.12 Å². The van der Waals surface area contributed by atoms with Crippen LogP contribution in [-0.2, 0) is 14.7 Å². The number of carbonyl (C=O) groups is 1. The van der Waals surface area contributed by atoms with E-state index in [4.69, 9.17) is 9.31 Å². The summed E-state index contributed by atoms with van der Waals surface area (Å²) < 4.78 is 12.6. The van der Waals surface area contributed by atoms with E-state index in [-0.39, 0.29) is 5.91 Å². The second kappa shape index (κ2) is 7.53. The highest BCUT2D eigenvalue weighted by atomic mass is 16.7. The van der Waals surface area contributed by atoms with Crippen LogP contribution in [0.25, 0.3) is 0 Å². The van der Waals surface area contributed by atoms with Gasteiger partial charge in [0.05, 0.1) is 22.7 Å². The predicted molar refractivity (Wildman–Crippen MR) is 118 cm³/mol. The molecule has 156 valence electrons. The average Bonchev–Trinajstić information content (AvgIpc) is 2.90. The zero-order chi connectivity index (χ0) is 22.3. The first-order chi connectivity index (χ1) is 13.9. The number of nitrogens with one attached hydrogen (secondary N) is 1. The Bertz CT molecular complexity index is 994. The molecule has 0 atom stereocenters. The van der Waals surface area contributed by atoms with E-state index in [1.54, 1.807) is 24.5 Å². The van der Waals surface area contributed by atoms with Gasteiger partial charge in [0.1, 0.15) is 0 Å². The number of aryl methyl sites for hydroxylation is 1. The van der Waals surface area contributed by atoms with E-state index in [1.807, 2.05) is 60.6 Å². The molecule has 7 heteroatoms. The molecular formula is C23H28BN3O3. The van der Waals surface area contributed by atoms with Crippen molar-refractivity contribution in [2.24, 2.45) is 0 Å². The minimum Gasteiger partial charge on any atom is -0.399 e. The second-order valence-electron chi connectivity index (χ2n) is 9.23. The van der Waals surface area contributed by atoms with Crippen LogP contribution in [-0.4, -0.2) is 29.2 Å². The molecule has 0 spiro atoms. The van der Waals surface area contributed by atoms with E-state index in [2.05, 4.69) is 16.4 Å². The van der Waals surface area contributed by atoms with Crippen molar-refractivity contribution in [3.8, 4) is 6.07 Å². The maximum Gasteiger partial charge on any atom is 0.495 e. The van der Waals surface area contributed by atoms with Crippen LogP contribution in [0.3, 0.4) is 0 Å². The standard InChI is InChI=1S/C23H28BN3O3/c1-15-8-9-17(27-20(28)16-10-12-26-13-11-16)18(21(2,3)14-25)19(15)24-29-22(4,5)23(6,7)30-24/h8-13H,1-7H3,(H,27,28). The molecule has 0 bridgehead atoms. The van der Waals surface area contributed by atoms with Crippen LogP contribution in [0, 0.1) is 18.3 Å². The van der Waals surface area contributed by atoms with Crippen LogP contribution in [0.5, 0.6) is 0 Å². The number of amides is 1. The number of pyridine rings is 1. The van der Waals surface area contributed by atoms with Crippen molar-refractivity contribution in [3.05, 3.63) is 53.3 Å². The van der Waals surface area contributed by atoms with Gasteiger partial charge in [-0.05, 0) is 77.7 Å². The van der Waals surface area contributed by atoms with Gasteiger partial charge in [0.25, 0.3) is 5.91 Å². The molecule has 1 aromatic heterocycles. The van der Waals surface area contributed by atoms with Crippen molar-refractivity contribution in [2.45, 2.75) is 65.1 Å². The number of hydrogen-bond acceptors (Lipinski definition) is 5. The van der Waals surface area contributed by atoms with Crippen LogP contribution < -0.4 is 10.8 Å². The highest BCUT2D eigenvalue weighted by Crippen LogP contribution is 2.39. The van der Waals surface area contributed by atoms with Crippen LogP contribution in [0.1, 0.15) is 63.0 Å². The topological polar surface area (TPSA) is 84.2 Å². The van der Waals surface area contributed by atoms with Crippen LogP contribution in [0.4, 0.5) is 5.69 Å². The zero-order valence-electron chi connectivity index (χ0n) is 18.7. The lowest BCUT2D eigenvalue weighted by Gasteiger charge is -2.32. The van der Waals surface area contributed by atoms with Gasteiger partial charge < -0.3 is 14.6 Å². The first kappa shape index (κ1) is 22.0. The van der Waals surface area contributed by atoms with Crippen molar-refractivity contribution in [1.29, 1.82) is 5.26 Å². The third kappa shape index (κ3) is 3.85. The molecular weight excluding hydrogens is 377 g/mol. The molecule has 1 saturated heterocycles. The van der Waals surface area contributed by atoms with Crippen LogP contribution in [0.2, 0.25) is 0 Å². The third-order valence-electron chi connectivity index (χ3n) is 6.05. The highest BCUT2D eigenvalue weighted by Gasteiger charge is 2.53. The summed E-state index contributed by atoms with van der Waals surface area (Å²) in [6.45, 7) is 13.6.